The first-order valence-electron chi connectivity index (χ1n) is 7.55. The highest BCUT2D eigenvalue weighted by molar-refractivity contribution is 5.77. The molecule has 0 bridgehead atoms. The molecule has 114 valence electrons. The molecule has 4 aromatic rings. The van der Waals surface area contributed by atoms with E-state index in [-0.39, 0.29) is 0 Å². The summed E-state index contributed by atoms with van der Waals surface area (Å²) >= 11 is 0. The Morgan fingerprint density at radius 3 is 2.46 bits per heavy atom. The maximum atomic E-state index is 9.26. The zero-order valence-electron chi connectivity index (χ0n) is 12.7. The molecule has 4 nitrogen and oxygen atoms in total. The van der Waals surface area contributed by atoms with Crippen LogP contribution in [0.25, 0.3) is 34.0 Å². The van der Waals surface area contributed by atoms with E-state index in [1.165, 1.54) is 0 Å². The number of aromatic nitrogens is 2. The minimum Gasteiger partial charge on any atom is -0.454 e. The Labute approximate surface area is 139 Å². The van der Waals surface area contributed by atoms with Gasteiger partial charge in [0, 0.05) is 11.1 Å². The number of hydrogen-bond donors (Lipinski definition) is 1. The second-order valence-corrected chi connectivity index (χ2v) is 5.31. The van der Waals surface area contributed by atoms with Gasteiger partial charge < -0.3 is 9.40 Å². The van der Waals surface area contributed by atoms with Crippen LogP contribution in [0, 0.1) is 11.3 Å². The van der Waals surface area contributed by atoms with Crippen LogP contribution in [0.5, 0.6) is 0 Å². The SMILES string of the molecule is N#Cc1ccccc1-c1ccc(-c2[nH]cnc2-c2ccccc2)o1. The van der Waals surface area contributed by atoms with Crippen LogP contribution in [0.2, 0.25) is 0 Å². The van der Waals surface area contributed by atoms with E-state index in [1.54, 1.807) is 12.4 Å². The molecular weight excluding hydrogens is 298 g/mol. The third-order valence-corrected chi connectivity index (χ3v) is 3.85. The summed E-state index contributed by atoms with van der Waals surface area (Å²) in [7, 11) is 0. The zero-order chi connectivity index (χ0) is 16.4. The van der Waals surface area contributed by atoms with Gasteiger partial charge in [-0.1, -0.05) is 42.5 Å². The van der Waals surface area contributed by atoms with Crippen molar-refractivity contribution in [3.63, 3.8) is 0 Å². The highest BCUT2D eigenvalue weighted by atomic mass is 16.3. The second kappa shape index (κ2) is 5.90. The lowest BCUT2D eigenvalue weighted by molar-refractivity contribution is 0.595. The zero-order valence-corrected chi connectivity index (χ0v) is 12.7. The van der Waals surface area contributed by atoms with Crippen molar-refractivity contribution in [3.8, 4) is 40.1 Å². The van der Waals surface area contributed by atoms with E-state index in [4.69, 9.17) is 4.42 Å². The van der Waals surface area contributed by atoms with Crippen molar-refractivity contribution in [2.45, 2.75) is 0 Å². The average Bonchev–Trinajstić information content (AvgIpc) is 3.31. The molecule has 1 N–H and O–H groups in total. The second-order valence-electron chi connectivity index (χ2n) is 5.31. The third-order valence-electron chi connectivity index (χ3n) is 3.85. The fraction of sp³-hybridized carbons (Fsp3) is 0. The van der Waals surface area contributed by atoms with Gasteiger partial charge in [-0.2, -0.15) is 5.26 Å². The van der Waals surface area contributed by atoms with Crippen molar-refractivity contribution in [3.05, 3.63) is 78.6 Å². The normalized spacial score (nSPS) is 10.5. The number of imidazole rings is 1. The molecule has 4 heteroatoms. The molecule has 2 aromatic carbocycles. The summed E-state index contributed by atoms with van der Waals surface area (Å²) in [4.78, 5) is 7.55. The predicted octanol–water partition coefficient (Wildman–Crippen LogP) is 4.88. The first kappa shape index (κ1) is 14.0. The lowest BCUT2D eigenvalue weighted by Gasteiger charge is -2.01. The van der Waals surface area contributed by atoms with Crippen LogP contribution >= 0.6 is 0 Å². The lowest BCUT2D eigenvalue weighted by Crippen LogP contribution is -1.82. The van der Waals surface area contributed by atoms with E-state index >= 15 is 0 Å². The topological polar surface area (TPSA) is 65.6 Å². The molecule has 0 aliphatic heterocycles. The molecule has 24 heavy (non-hydrogen) atoms. The van der Waals surface area contributed by atoms with Crippen LogP contribution in [-0.4, -0.2) is 9.97 Å². The molecule has 0 radical (unpaired) electrons. The molecule has 0 saturated carbocycles. The Morgan fingerprint density at radius 2 is 1.62 bits per heavy atom. The molecule has 0 aliphatic rings. The van der Waals surface area contributed by atoms with Crippen molar-refractivity contribution >= 4 is 0 Å². The highest BCUT2D eigenvalue weighted by Crippen LogP contribution is 2.33. The van der Waals surface area contributed by atoms with E-state index in [2.05, 4.69) is 16.0 Å². The first-order chi connectivity index (χ1) is 11.9. The molecule has 0 spiro atoms. The Hall–Kier alpha value is -3.58. The summed E-state index contributed by atoms with van der Waals surface area (Å²) in [6.07, 6.45) is 1.66. The van der Waals surface area contributed by atoms with Gasteiger partial charge in [0.15, 0.2) is 5.76 Å². The summed E-state index contributed by atoms with van der Waals surface area (Å²) in [5, 5.41) is 9.26. The number of nitrogens with one attached hydrogen (secondary N) is 1. The lowest BCUT2D eigenvalue weighted by atomic mass is 10.1. The number of furan rings is 1. The smallest absolute Gasteiger partial charge is 0.153 e. The van der Waals surface area contributed by atoms with Gasteiger partial charge in [-0.15, -0.1) is 0 Å². The van der Waals surface area contributed by atoms with Gasteiger partial charge in [-0.05, 0) is 24.3 Å². The van der Waals surface area contributed by atoms with Crippen LogP contribution in [0.15, 0.2) is 77.5 Å². The molecule has 0 unspecified atom stereocenters. The minimum absolute atomic E-state index is 0.589. The Morgan fingerprint density at radius 1 is 0.875 bits per heavy atom. The number of aromatic amines is 1. The van der Waals surface area contributed by atoms with Crippen LogP contribution in [0.3, 0.4) is 0 Å². The van der Waals surface area contributed by atoms with E-state index < -0.39 is 0 Å². The number of H-pyrrole nitrogens is 1. The maximum absolute atomic E-state index is 9.26. The van der Waals surface area contributed by atoms with Gasteiger partial charge in [0.2, 0.25) is 0 Å². The van der Waals surface area contributed by atoms with E-state index in [0.29, 0.717) is 17.1 Å². The summed E-state index contributed by atoms with van der Waals surface area (Å²) in [6.45, 7) is 0. The van der Waals surface area contributed by atoms with Crippen LogP contribution in [-0.2, 0) is 0 Å². The Balaban J connectivity index is 1.78. The molecule has 0 aliphatic carbocycles. The van der Waals surface area contributed by atoms with Crippen molar-refractivity contribution < 1.29 is 4.42 Å². The largest absolute Gasteiger partial charge is 0.454 e. The molecule has 0 saturated heterocycles. The summed E-state index contributed by atoms with van der Waals surface area (Å²) in [6, 6.07) is 23.3. The molecule has 2 aromatic heterocycles. The van der Waals surface area contributed by atoms with Gasteiger partial charge in [0.25, 0.3) is 0 Å². The molecule has 0 atom stereocenters. The van der Waals surface area contributed by atoms with Gasteiger partial charge >= 0.3 is 0 Å². The fourth-order valence-corrected chi connectivity index (χ4v) is 2.71. The molecule has 2 heterocycles. The van der Waals surface area contributed by atoms with Gasteiger partial charge in [-0.3, -0.25) is 0 Å². The average molecular weight is 311 g/mol. The van der Waals surface area contributed by atoms with Crippen molar-refractivity contribution in [2.75, 3.05) is 0 Å². The van der Waals surface area contributed by atoms with Crippen LogP contribution < -0.4 is 0 Å². The fourth-order valence-electron chi connectivity index (χ4n) is 2.71. The number of nitriles is 1. The number of nitrogens with zero attached hydrogens (tertiary/aromatic N) is 2. The quantitative estimate of drug-likeness (QED) is 0.586. The minimum atomic E-state index is 0.589. The van der Waals surface area contributed by atoms with Gasteiger partial charge in [0.05, 0.1) is 23.7 Å². The van der Waals surface area contributed by atoms with Gasteiger partial charge in [0.1, 0.15) is 11.5 Å². The number of hydrogen-bond acceptors (Lipinski definition) is 3. The molecular formula is C20H13N3O. The van der Waals surface area contributed by atoms with E-state index in [9.17, 15) is 5.26 Å². The van der Waals surface area contributed by atoms with E-state index in [1.807, 2.05) is 60.7 Å². The molecule has 0 fully saturated rings. The van der Waals surface area contributed by atoms with Crippen molar-refractivity contribution in [1.29, 1.82) is 5.26 Å². The van der Waals surface area contributed by atoms with Gasteiger partial charge in [-0.25, -0.2) is 4.98 Å². The van der Waals surface area contributed by atoms with E-state index in [0.717, 1.165) is 22.5 Å². The number of rotatable bonds is 3. The third kappa shape index (κ3) is 2.38. The summed E-state index contributed by atoms with van der Waals surface area (Å²) in [5.74, 6) is 1.35. The Bertz CT molecular complexity index is 1020. The first-order valence-corrected chi connectivity index (χ1v) is 7.55. The summed E-state index contributed by atoms with van der Waals surface area (Å²) < 4.78 is 6.00. The van der Waals surface area contributed by atoms with Crippen molar-refractivity contribution in [2.24, 2.45) is 0 Å². The monoisotopic (exact) mass is 311 g/mol. The number of benzene rings is 2. The standard InChI is InChI=1S/C20H13N3O/c21-12-15-8-4-5-9-16(15)17-10-11-18(24-17)20-19(22-13-23-20)14-6-2-1-3-7-14/h1-11,13H,(H,22,23). The predicted molar refractivity (Wildman–Crippen MR) is 91.9 cm³/mol. The molecule has 0 amide bonds. The molecule has 4 rings (SSSR count). The van der Waals surface area contributed by atoms with Crippen LogP contribution in [0.1, 0.15) is 5.56 Å². The summed E-state index contributed by atoms with van der Waals surface area (Å²) in [5.41, 5.74) is 4.05. The van der Waals surface area contributed by atoms with Crippen molar-refractivity contribution in [1.82, 2.24) is 9.97 Å². The Kier molecular flexibility index (Phi) is 3.45. The maximum Gasteiger partial charge on any atom is 0.153 e. The van der Waals surface area contributed by atoms with Crippen LogP contribution in [0.4, 0.5) is 0 Å². The highest BCUT2D eigenvalue weighted by Gasteiger charge is 2.15.